The van der Waals surface area contributed by atoms with Crippen LogP contribution in [0.2, 0.25) is 0 Å². The van der Waals surface area contributed by atoms with E-state index in [0.717, 1.165) is 12.5 Å². The van der Waals surface area contributed by atoms with Gasteiger partial charge in [0.1, 0.15) is 0 Å². The molecule has 0 heterocycles. The summed E-state index contributed by atoms with van der Waals surface area (Å²) < 4.78 is 16.1. The number of hydrogen-bond donors (Lipinski definition) is 0. The van der Waals surface area contributed by atoms with Crippen molar-refractivity contribution >= 4 is 0 Å². The van der Waals surface area contributed by atoms with Crippen molar-refractivity contribution in [3.8, 4) is 0 Å². The molecule has 3 heteroatoms. The van der Waals surface area contributed by atoms with Crippen molar-refractivity contribution in [2.75, 3.05) is 40.1 Å². The van der Waals surface area contributed by atoms with Crippen molar-refractivity contribution in [3.05, 3.63) is 0 Å². The lowest BCUT2D eigenvalue weighted by molar-refractivity contribution is 0.0213. The fourth-order valence-corrected chi connectivity index (χ4v) is 2.87. The molecule has 140 valence electrons. The quantitative estimate of drug-likeness (QED) is 0.288. The molecule has 0 spiro atoms. The van der Waals surface area contributed by atoms with Gasteiger partial charge >= 0.3 is 0 Å². The molecule has 0 N–H and O–H groups in total. The predicted octanol–water partition coefficient (Wildman–Crippen LogP) is 5.61. The molecule has 0 aliphatic heterocycles. The second-order valence-corrected chi connectivity index (χ2v) is 6.57. The Kier molecular flexibility index (Phi) is 19.8. The molecule has 0 amide bonds. The van der Waals surface area contributed by atoms with E-state index in [9.17, 15) is 0 Å². The summed E-state index contributed by atoms with van der Waals surface area (Å²) in [7, 11) is 1.70. The Balaban J connectivity index is 3.64. The molecule has 0 bridgehead atoms. The van der Waals surface area contributed by atoms with Crippen LogP contribution in [0.15, 0.2) is 0 Å². The first-order chi connectivity index (χ1) is 11.3. The second kappa shape index (κ2) is 19.9. The third kappa shape index (κ3) is 18.1. The van der Waals surface area contributed by atoms with Gasteiger partial charge in [0, 0.05) is 13.7 Å². The smallest absolute Gasteiger partial charge is 0.0701 e. The molecular weight excluding hydrogens is 288 g/mol. The standard InChI is InChI=1S/C20H42O3/c1-4-6-8-10-12-20(13-11-9-7-5-2)14-15-22-18-19-23-17-16-21-3/h20H,4-19H2,1-3H3. The monoisotopic (exact) mass is 330 g/mol. The third-order valence-electron chi connectivity index (χ3n) is 4.41. The van der Waals surface area contributed by atoms with Crippen LogP contribution in [-0.2, 0) is 14.2 Å². The van der Waals surface area contributed by atoms with Crippen LogP contribution < -0.4 is 0 Å². The van der Waals surface area contributed by atoms with Crippen molar-refractivity contribution in [1.29, 1.82) is 0 Å². The lowest BCUT2D eigenvalue weighted by Crippen LogP contribution is -2.11. The molecule has 0 saturated carbocycles. The van der Waals surface area contributed by atoms with E-state index in [1.807, 2.05) is 0 Å². The molecule has 0 aliphatic carbocycles. The third-order valence-corrected chi connectivity index (χ3v) is 4.41. The van der Waals surface area contributed by atoms with E-state index in [4.69, 9.17) is 14.2 Å². The van der Waals surface area contributed by atoms with Crippen LogP contribution in [0, 0.1) is 5.92 Å². The Labute approximate surface area is 145 Å². The summed E-state index contributed by atoms with van der Waals surface area (Å²) in [5.74, 6) is 0.859. The molecule has 0 aromatic carbocycles. The van der Waals surface area contributed by atoms with Gasteiger partial charge in [-0.15, -0.1) is 0 Å². The van der Waals surface area contributed by atoms with Crippen molar-refractivity contribution in [1.82, 2.24) is 0 Å². The number of unbranched alkanes of at least 4 members (excludes halogenated alkanes) is 6. The maximum absolute atomic E-state index is 5.73. The second-order valence-electron chi connectivity index (χ2n) is 6.57. The van der Waals surface area contributed by atoms with Gasteiger partial charge in [0.05, 0.1) is 26.4 Å². The largest absolute Gasteiger partial charge is 0.382 e. The average Bonchev–Trinajstić information content (AvgIpc) is 2.57. The molecule has 0 aliphatic rings. The zero-order valence-electron chi connectivity index (χ0n) is 16.1. The highest BCUT2D eigenvalue weighted by molar-refractivity contribution is 4.61. The minimum absolute atomic E-state index is 0.664. The Morgan fingerprint density at radius 3 is 1.61 bits per heavy atom. The lowest BCUT2D eigenvalue weighted by atomic mass is 9.92. The Morgan fingerprint density at radius 2 is 1.09 bits per heavy atom. The van der Waals surface area contributed by atoms with Gasteiger partial charge in [0.15, 0.2) is 0 Å². The predicted molar refractivity (Wildman–Crippen MR) is 99.1 cm³/mol. The summed E-state index contributed by atoms with van der Waals surface area (Å²) in [4.78, 5) is 0. The highest BCUT2D eigenvalue weighted by Gasteiger charge is 2.08. The van der Waals surface area contributed by atoms with Crippen molar-refractivity contribution in [2.45, 2.75) is 84.5 Å². The van der Waals surface area contributed by atoms with Crippen LogP contribution >= 0.6 is 0 Å². The van der Waals surface area contributed by atoms with E-state index in [0.29, 0.717) is 26.4 Å². The summed E-state index contributed by atoms with van der Waals surface area (Å²) in [6.07, 6.45) is 15.0. The highest BCUT2D eigenvalue weighted by Crippen LogP contribution is 2.21. The first kappa shape index (κ1) is 22.9. The van der Waals surface area contributed by atoms with E-state index in [1.165, 1.54) is 70.6 Å². The number of methoxy groups -OCH3 is 1. The molecule has 0 aromatic heterocycles. The molecule has 3 nitrogen and oxygen atoms in total. The average molecular weight is 331 g/mol. The van der Waals surface area contributed by atoms with Gasteiger partial charge in [0.25, 0.3) is 0 Å². The van der Waals surface area contributed by atoms with E-state index in [-0.39, 0.29) is 0 Å². The maximum Gasteiger partial charge on any atom is 0.0701 e. The van der Waals surface area contributed by atoms with Gasteiger partial charge in [-0.3, -0.25) is 0 Å². The first-order valence-electron chi connectivity index (χ1n) is 9.99. The van der Waals surface area contributed by atoms with E-state index < -0.39 is 0 Å². The molecular formula is C20H42O3. The Hall–Kier alpha value is -0.120. The summed E-state index contributed by atoms with van der Waals surface area (Å²) >= 11 is 0. The van der Waals surface area contributed by atoms with Crippen LogP contribution in [0.1, 0.15) is 84.5 Å². The Bertz CT molecular complexity index is 197. The summed E-state index contributed by atoms with van der Waals surface area (Å²) in [5, 5.41) is 0. The van der Waals surface area contributed by atoms with E-state index in [1.54, 1.807) is 7.11 Å². The first-order valence-corrected chi connectivity index (χ1v) is 9.99. The van der Waals surface area contributed by atoms with E-state index in [2.05, 4.69) is 13.8 Å². The number of ether oxygens (including phenoxy) is 3. The van der Waals surface area contributed by atoms with Crippen LogP contribution in [0.4, 0.5) is 0 Å². The highest BCUT2D eigenvalue weighted by atomic mass is 16.5. The van der Waals surface area contributed by atoms with Crippen LogP contribution in [0.5, 0.6) is 0 Å². The van der Waals surface area contributed by atoms with Crippen LogP contribution in [0.3, 0.4) is 0 Å². The van der Waals surface area contributed by atoms with E-state index >= 15 is 0 Å². The van der Waals surface area contributed by atoms with Gasteiger partial charge in [-0.2, -0.15) is 0 Å². The zero-order valence-corrected chi connectivity index (χ0v) is 16.1. The van der Waals surface area contributed by atoms with Crippen LogP contribution in [0.25, 0.3) is 0 Å². The van der Waals surface area contributed by atoms with Crippen molar-refractivity contribution in [3.63, 3.8) is 0 Å². The normalized spacial score (nSPS) is 11.5. The minimum atomic E-state index is 0.664. The lowest BCUT2D eigenvalue weighted by Gasteiger charge is -2.17. The fourth-order valence-electron chi connectivity index (χ4n) is 2.87. The van der Waals surface area contributed by atoms with Crippen molar-refractivity contribution in [2.24, 2.45) is 5.92 Å². The minimum Gasteiger partial charge on any atom is -0.382 e. The van der Waals surface area contributed by atoms with Gasteiger partial charge < -0.3 is 14.2 Å². The topological polar surface area (TPSA) is 27.7 Å². The molecule has 0 rings (SSSR count). The molecule has 23 heavy (non-hydrogen) atoms. The van der Waals surface area contributed by atoms with Gasteiger partial charge in [-0.25, -0.2) is 0 Å². The maximum atomic E-state index is 5.73. The van der Waals surface area contributed by atoms with Crippen molar-refractivity contribution < 1.29 is 14.2 Å². The van der Waals surface area contributed by atoms with Gasteiger partial charge in [-0.05, 0) is 12.3 Å². The Morgan fingerprint density at radius 1 is 0.565 bits per heavy atom. The molecule has 0 radical (unpaired) electrons. The molecule has 0 fully saturated rings. The fraction of sp³-hybridized carbons (Fsp3) is 1.00. The number of hydrogen-bond acceptors (Lipinski definition) is 3. The summed E-state index contributed by atoms with van der Waals surface area (Å²) in [6.45, 7) is 8.17. The zero-order chi connectivity index (χ0) is 17.0. The summed E-state index contributed by atoms with van der Waals surface area (Å²) in [5.41, 5.74) is 0. The SMILES string of the molecule is CCCCCCC(CCCCCC)CCOCCOCCOC. The van der Waals surface area contributed by atoms with Gasteiger partial charge in [-0.1, -0.05) is 78.1 Å². The number of rotatable bonds is 19. The molecule has 0 unspecified atom stereocenters. The molecule has 0 atom stereocenters. The summed E-state index contributed by atoms with van der Waals surface area (Å²) in [6, 6.07) is 0. The molecule has 0 saturated heterocycles. The molecule has 0 aromatic rings. The van der Waals surface area contributed by atoms with Gasteiger partial charge in [0.2, 0.25) is 0 Å². The van der Waals surface area contributed by atoms with Crippen LogP contribution in [-0.4, -0.2) is 40.1 Å².